The third-order valence-corrected chi connectivity index (χ3v) is 12.4. The van der Waals surface area contributed by atoms with Crippen molar-refractivity contribution in [3.63, 3.8) is 0 Å². The Kier molecular flexibility index (Phi) is 7.95. The van der Waals surface area contributed by atoms with Crippen LogP contribution in [-0.2, 0) is 31.1 Å². The molecule has 9 nitrogen and oxygen atoms in total. The van der Waals surface area contributed by atoms with Gasteiger partial charge in [0.2, 0.25) is 11.8 Å². The van der Waals surface area contributed by atoms with Crippen molar-refractivity contribution >= 4 is 56.6 Å². The summed E-state index contributed by atoms with van der Waals surface area (Å²) in [5.41, 5.74) is 5.46. The van der Waals surface area contributed by atoms with Crippen LogP contribution in [0.5, 0.6) is 11.5 Å². The molecular formula is C39H34BrN3O6S. The standard InChI is InChI=1S/C39H34BrN3O6S/c1-21-10-12-24(13-11-21)41-43-36(46)29-19-28-26(14-15-27-32(28)37(47)42(35(27)45)20-25-9-6-16-50-25)33(22-17-30(40)34(44)31(18-22)49-2)39(29,38(43)48)23-7-4-3-5-8-23/h3-14,16-18,27-29,32-33,41,44H,15,19-20H2,1-2H3/t27-,28+,29-,32-,33-,39+/m0/s1. The Morgan fingerprint density at radius 3 is 2.42 bits per heavy atom. The first kappa shape index (κ1) is 32.5. The minimum absolute atomic E-state index is 0.0936. The van der Waals surface area contributed by atoms with Crippen molar-refractivity contribution in [2.24, 2.45) is 23.7 Å². The molecule has 3 fully saturated rings. The number of amides is 4. The molecule has 0 radical (unpaired) electrons. The molecule has 2 saturated heterocycles. The van der Waals surface area contributed by atoms with Crippen LogP contribution in [-0.4, -0.2) is 45.8 Å². The largest absolute Gasteiger partial charge is 0.503 e. The number of nitrogens with zero attached hydrogens (tertiary/aromatic N) is 2. The van der Waals surface area contributed by atoms with Gasteiger partial charge in [-0.3, -0.25) is 29.5 Å². The molecule has 8 rings (SSSR count). The first-order valence-corrected chi connectivity index (χ1v) is 18.2. The number of aromatic hydroxyl groups is 1. The molecule has 1 saturated carbocycles. The summed E-state index contributed by atoms with van der Waals surface area (Å²) >= 11 is 4.99. The molecule has 50 heavy (non-hydrogen) atoms. The number of allylic oxidation sites excluding steroid dienone is 2. The lowest BCUT2D eigenvalue weighted by Gasteiger charge is -2.50. The first-order chi connectivity index (χ1) is 24.1. The zero-order valence-electron chi connectivity index (χ0n) is 27.3. The van der Waals surface area contributed by atoms with E-state index in [9.17, 15) is 19.5 Å². The number of anilines is 1. The number of fused-ring (bicyclic) bond motifs is 4. The number of halogens is 1. The minimum Gasteiger partial charge on any atom is -0.503 e. The molecule has 1 aromatic heterocycles. The monoisotopic (exact) mass is 751 g/mol. The van der Waals surface area contributed by atoms with Gasteiger partial charge in [0, 0.05) is 10.8 Å². The third-order valence-electron chi connectivity index (χ3n) is 11.0. The van der Waals surface area contributed by atoms with E-state index in [0.29, 0.717) is 27.7 Å². The van der Waals surface area contributed by atoms with Gasteiger partial charge in [-0.2, -0.15) is 5.01 Å². The molecule has 4 aliphatic rings. The van der Waals surface area contributed by atoms with Crippen molar-refractivity contribution in [2.45, 2.75) is 37.6 Å². The van der Waals surface area contributed by atoms with Gasteiger partial charge < -0.3 is 9.84 Å². The maximum absolute atomic E-state index is 15.3. The number of aryl methyl sites for hydroxylation is 1. The van der Waals surface area contributed by atoms with E-state index in [1.807, 2.05) is 85.1 Å². The fourth-order valence-electron chi connectivity index (χ4n) is 8.82. The normalized spacial score (nSPS) is 27.2. The van der Waals surface area contributed by atoms with Gasteiger partial charge in [-0.1, -0.05) is 65.7 Å². The molecule has 2 N–H and O–H groups in total. The molecule has 0 unspecified atom stereocenters. The third kappa shape index (κ3) is 4.77. The summed E-state index contributed by atoms with van der Waals surface area (Å²) in [6.45, 7) is 2.17. The van der Waals surface area contributed by atoms with Crippen molar-refractivity contribution in [2.75, 3.05) is 12.5 Å². The number of rotatable bonds is 7. The van der Waals surface area contributed by atoms with E-state index in [1.54, 1.807) is 12.1 Å². The molecule has 0 spiro atoms. The molecule has 6 atom stereocenters. The Morgan fingerprint density at radius 1 is 0.960 bits per heavy atom. The van der Waals surface area contributed by atoms with Crippen LogP contribution in [0.25, 0.3) is 0 Å². The molecule has 3 aromatic carbocycles. The van der Waals surface area contributed by atoms with Gasteiger partial charge in [-0.05, 0) is 88.5 Å². The number of thiophene rings is 1. The average Bonchev–Trinajstić information content (AvgIpc) is 3.79. The second kappa shape index (κ2) is 12.2. The van der Waals surface area contributed by atoms with Gasteiger partial charge in [0.25, 0.3) is 11.8 Å². The number of nitrogens with one attached hydrogen (secondary N) is 1. The zero-order valence-corrected chi connectivity index (χ0v) is 29.7. The van der Waals surface area contributed by atoms with Crippen molar-refractivity contribution in [3.8, 4) is 11.5 Å². The highest BCUT2D eigenvalue weighted by molar-refractivity contribution is 9.10. The minimum atomic E-state index is -1.42. The number of benzene rings is 3. The number of likely N-dealkylation sites (tertiary alicyclic amines) is 1. The first-order valence-electron chi connectivity index (χ1n) is 16.6. The van der Waals surface area contributed by atoms with E-state index < -0.39 is 46.8 Å². The highest BCUT2D eigenvalue weighted by Crippen LogP contribution is 2.64. The summed E-state index contributed by atoms with van der Waals surface area (Å²) in [6, 6.07) is 24.1. The molecular weight excluding hydrogens is 718 g/mol. The number of hydrazine groups is 1. The van der Waals surface area contributed by atoms with Crippen LogP contribution in [0, 0.1) is 30.6 Å². The van der Waals surface area contributed by atoms with Crippen molar-refractivity contribution in [1.82, 2.24) is 9.91 Å². The summed E-state index contributed by atoms with van der Waals surface area (Å²) in [7, 11) is 1.46. The molecule has 0 bridgehead atoms. The van der Waals surface area contributed by atoms with E-state index in [-0.39, 0.29) is 36.3 Å². The van der Waals surface area contributed by atoms with E-state index in [4.69, 9.17) is 4.74 Å². The van der Waals surface area contributed by atoms with Crippen molar-refractivity contribution < 1.29 is 29.0 Å². The number of phenols is 1. The smallest absolute Gasteiger partial charge is 0.260 e. The van der Waals surface area contributed by atoms with Crippen LogP contribution < -0.4 is 10.2 Å². The molecule has 4 amide bonds. The van der Waals surface area contributed by atoms with E-state index in [1.165, 1.54) is 23.3 Å². The summed E-state index contributed by atoms with van der Waals surface area (Å²) in [4.78, 5) is 60.6. The van der Waals surface area contributed by atoms with Crippen molar-refractivity contribution in [3.05, 3.63) is 122 Å². The van der Waals surface area contributed by atoms with Crippen LogP contribution in [0.3, 0.4) is 0 Å². The Morgan fingerprint density at radius 2 is 1.72 bits per heavy atom. The quantitative estimate of drug-likeness (QED) is 0.159. The molecule has 2 aliphatic carbocycles. The highest BCUT2D eigenvalue weighted by atomic mass is 79.9. The van der Waals surface area contributed by atoms with Gasteiger partial charge in [0.1, 0.15) is 0 Å². The number of imide groups is 2. The SMILES string of the molecule is COc1cc([C@H]2C3=CC[C@@H]4C(=O)N(Cc5cccs5)C(=O)[C@@H]4[C@@H]3C[C@H]3C(=O)N(Nc4ccc(C)cc4)C(=O)[C@@]23c2ccccc2)cc(Br)c1O. The number of methoxy groups -OCH3 is 1. The van der Waals surface area contributed by atoms with Gasteiger partial charge in [-0.25, -0.2) is 0 Å². The van der Waals surface area contributed by atoms with Crippen LogP contribution >= 0.6 is 27.3 Å². The molecule has 3 heterocycles. The number of carbonyl (C=O) groups is 4. The molecule has 11 heteroatoms. The lowest BCUT2D eigenvalue weighted by Crippen LogP contribution is -2.53. The van der Waals surface area contributed by atoms with E-state index in [0.717, 1.165) is 21.0 Å². The van der Waals surface area contributed by atoms with Gasteiger partial charge in [-0.15, -0.1) is 11.3 Å². The van der Waals surface area contributed by atoms with Crippen LogP contribution in [0.4, 0.5) is 5.69 Å². The maximum Gasteiger partial charge on any atom is 0.260 e. The molecule has 254 valence electrons. The topological polar surface area (TPSA) is 116 Å². The van der Waals surface area contributed by atoms with Crippen LogP contribution in [0.15, 0.2) is 100 Å². The predicted octanol–water partition coefficient (Wildman–Crippen LogP) is 6.72. The fraction of sp³-hybridized carbons (Fsp3) is 0.282. The Balaban J connectivity index is 1.33. The second-order valence-electron chi connectivity index (χ2n) is 13.5. The lowest BCUT2D eigenvalue weighted by atomic mass is 9.49. The zero-order chi connectivity index (χ0) is 34.9. The number of carbonyl (C=O) groups excluding carboxylic acids is 4. The summed E-state index contributed by atoms with van der Waals surface area (Å²) in [5.74, 6) is -4.50. The van der Waals surface area contributed by atoms with Crippen LogP contribution in [0.1, 0.15) is 40.3 Å². The van der Waals surface area contributed by atoms with Gasteiger partial charge in [0.15, 0.2) is 11.5 Å². The Labute approximate surface area is 301 Å². The molecule has 2 aliphatic heterocycles. The number of hydrogen-bond acceptors (Lipinski definition) is 8. The fourth-order valence-corrected chi connectivity index (χ4v) is 9.97. The summed E-state index contributed by atoms with van der Waals surface area (Å²) in [6.07, 6.45) is 2.56. The van der Waals surface area contributed by atoms with Crippen molar-refractivity contribution in [1.29, 1.82) is 0 Å². The van der Waals surface area contributed by atoms with Gasteiger partial charge >= 0.3 is 0 Å². The van der Waals surface area contributed by atoms with Gasteiger partial charge in [0.05, 0.1) is 47.0 Å². The molecule has 4 aromatic rings. The van der Waals surface area contributed by atoms with E-state index >= 15 is 4.79 Å². The Bertz CT molecular complexity index is 2070. The average molecular weight is 753 g/mol. The highest BCUT2D eigenvalue weighted by Gasteiger charge is 2.70. The Hall–Kier alpha value is -4.74. The number of phenolic OH excluding ortho intramolecular Hbond substituents is 1. The number of ether oxygens (including phenoxy) is 1. The lowest BCUT2D eigenvalue weighted by molar-refractivity contribution is -0.141. The predicted molar refractivity (Wildman–Crippen MR) is 191 cm³/mol. The van der Waals surface area contributed by atoms with E-state index in [2.05, 4.69) is 21.4 Å². The second-order valence-corrected chi connectivity index (χ2v) is 15.4. The maximum atomic E-state index is 15.3. The summed E-state index contributed by atoms with van der Waals surface area (Å²) in [5, 5.41) is 13.9. The van der Waals surface area contributed by atoms with Crippen LogP contribution in [0.2, 0.25) is 0 Å². The number of hydrogen-bond donors (Lipinski definition) is 2. The summed E-state index contributed by atoms with van der Waals surface area (Å²) < 4.78 is 5.95.